The molecule has 1 atom stereocenters. The van der Waals surface area contributed by atoms with Crippen molar-refractivity contribution in [3.8, 4) is 11.5 Å². The summed E-state index contributed by atoms with van der Waals surface area (Å²) in [6.45, 7) is 4.56. The van der Waals surface area contributed by atoms with E-state index in [-0.39, 0.29) is 35.1 Å². The number of aromatic nitrogens is 2. The summed E-state index contributed by atoms with van der Waals surface area (Å²) in [5.74, 6) is 0.836. The topological polar surface area (TPSA) is 93.4 Å². The summed E-state index contributed by atoms with van der Waals surface area (Å²) in [6.07, 6.45) is 0.498. The van der Waals surface area contributed by atoms with Crippen molar-refractivity contribution in [1.82, 2.24) is 15.1 Å². The van der Waals surface area contributed by atoms with Crippen molar-refractivity contribution in [2.24, 2.45) is 5.92 Å². The SMILES string of the molecule is CC(C)CN(C(=O)CSc1nnc(-c2ccccc2Br)o1)C1CCS(=O)(=O)C1. The Kier molecular flexibility index (Phi) is 6.82. The summed E-state index contributed by atoms with van der Waals surface area (Å²) in [5, 5.41) is 8.36. The molecule has 1 unspecified atom stereocenters. The van der Waals surface area contributed by atoms with E-state index < -0.39 is 9.84 Å². The second-order valence-electron chi connectivity index (χ2n) is 7.14. The van der Waals surface area contributed by atoms with Crippen LogP contribution in [0.4, 0.5) is 0 Å². The number of amides is 1. The quantitative estimate of drug-likeness (QED) is 0.553. The highest BCUT2D eigenvalue weighted by molar-refractivity contribution is 9.10. The van der Waals surface area contributed by atoms with Gasteiger partial charge in [-0.25, -0.2) is 8.42 Å². The standard InChI is InChI=1S/C18H22BrN3O4S2/c1-12(2)9-22(13-7-8-28(24,25)11-13)16(23)10-27-18-21-20-17(26-18)14-5-3-4-6-15(14)19/h3-6,12-13H,7-11H2,1-2H3. The molecule has 1 aliphatic rings. The molecule has 2 aromatic rings. The van der Waals surface area contributed by atoms with Gasteiger partial charge in [-0.05, 0) is 40.4 Å². The number of thioether (sulfide) groups is 1. The lowest BCUT2D eigenvalue weighted by atomic mass is 10.1. The lowest BCUT2D eigenvalue weighted by molar-refractivity contribution is -0.130. The molecule has 10 heteroatoms. The van der Waals surface area contributed by atoms with E-state index >= 15 is 0 Å². The zero-order valence-corrected chi connectivity index (χ0v) is 18.9. The highest BCUT2D eigenvalue weighted by atomic mass is 79.9. The Hall–Kier alpha value is -1.39. The van der Waals surface area contributed by atoms with Crippen molar-refractivity contribution in [3.63, 3.8) is 0 Å². The lowest BCUT2D eigenvalue weighted by Crippen LogP contribution is -2.44. The third-order valence-corrected chi connectivity index (χ3v) is 7.61. The van der Waals surface area contributed by atoms with Gasteiger partial charge in [-0.3, -0.25) is 4.79 Å². The van der Waals surface area contributed by atoms with Gasteiger partial charge in [-0.15, -0.1) is 10.2 Å². The largest absolute Gasteiger partial charge is 0.411 e. The molecule has 152 valence electrons. The van der Waals surface area contributed by atoms with Crippen LogP contribution in [0.2, 0.25) is 0 Å². The number of sulfone groups is 1. The number of nitrogens with zero attached hydrogens (tertiary/aromatic N) is 3. The number of carbonyl (C=O) groups is 1. The van der Waals surface area contributed by atoms with E-state index in [0.717, 1.165) is 10.0 Å². The summed E-state index contributed by atoms with van der Waals surface area (Å²) in [5.41, 5.74) is 0.783. The minimum atomic E-state index is -3.05. The Morgan fingerprint density at radius 3 is 2.75 bits per heavy atom. The van der Waals surface area contributed by atoms with Gasteiger partial charge in [0, 0.05) is 17.1 Å². The fourth-order valence-corrected chi connectivity index (χ4v) is 5.92. The van der Waals surface area contributed by atoms with Gasteiger partial charge in [0.2, 0.25) is 11.8 Å². The predicted octanol–water partition coefficient (Wildman–Crippen LogP) is 3.26. The summed E-state index contributed by atoms with van der Waals surface area (Å²) in [4.78, 5) is 14.5. The van der Waals surface area contributed by atoms with Crippen LogP contribution in [0.3, 0.4) is 0 Å². The van der Waals surface area contributed by atoms with Gasteiger partial charge in [0.25, 0.3) is 5.22 Å². The average molecular weight is 488 g/mol. The summed E-state index contributed by atoms with van der Waals surface area (Å²) >= 11 is 4.62. The predicted molar refractivity (Wildman–Crippen MR) is 112 cm³/mol. The summed E-state index contributed by atoms with van der Waals surface area (Å²) in [7, 11) is -3.05. The molecular formula is C18H22BrN3O4S2. The minimum Gasteiger partial charge on any atom is -0.411 e. The molecule has 1 saturated heterocycles. The van der Waals surface area contributed by atoms with Gasteiger partial charge in [-0.1, -0.05) is 37.7 Å². The van der Waals surface area contributed by atoms with Crippen molar-refractivity contribution < 1.29 is 17.6 Å². The molecule has 1 aliphatic heterocycles. The van der Waals surface area contributed by atoms with Crippen molar-refractivity contribution in [2.45, 2.75) is 31.5 Å². The Bertz CT molecular complexity index is 946. The van der Waals surface area contributed by atoms with E-state index in [1.807, 2.05) is 38.1 Å². The van der Waals surface area contributed by atoms with Crippen LogP contribution in [0.1, 0.15) is 20.3 Å². The van der Waals surface area contributed by atoms with Gasteiger partial charge in [-0.2, -0.15) is 0 Å². The molecule has 0 radical (unpaired) electrons. The molecule has 0 saturated carbocycles. The van der Waals surface area contributed by atoms with E-state index in [4.69, 9.17) is 4.42 Å². The normalized spacial score (nSPS) is 18.5. The Balaban J connectivity index is 1.65. The van der Waals surface area contributed by atoms with Crippen LogP contribution in [0.5, 0.6) is 0 Å². The van der Waals surface area contributed by atoms with Crippen molar-refractivity contribution in [2.75, 3.05) is 23.8 Å². The monoisotopic (exact) mass is 487 g/mol. The molecule has 1 aromatic heterocycles. The summed E-state index contributed by atoms with van der Waals surface area (Å²) < 4.78 is 30.1. The van der Waals surface area contributed by atoms with Gasteiger partial charge < -0.3 is 9.32 Å². The third kappa shape index (κ3) is 5.36. The number of rotatable bonds is 7. The number of carbonyl (C=O) groups excluding carboxylic acids is 1. The molecule has 2 heterocycles. The molecule has 0 bridgehead atoms. The number of hydrogen-bond acceptors (Lipinski definition) is 7. The molecule has 0 aliphatic carbocycles. The molecule has 0 spiro atoms. The van der Waals surface area contributed by atoms with Crippen LogP contribution in [0, 0.1) is 5.92 Å². The Labute approximate surface area is 177 Å². The fourth-order valence-electron chi connectivity index (χ4n) is 3.09. The maximum absolute atomic E-state index is 12.8. The van der Waals surface area contributed by atoms with E-state index in [1.54, 1.807) is 4.90 Å². The van der Waals surface area contributed by atoms with Crippen molar-refractivity contribution >= 4 is 43.4 Å². The van der Waals surface area contributed by atoms with Crippen LogP contribution >= 0.6 is 27.7 Å². The molecular weight excluding hydrogens is 466 g/mol. The van der Waals surface area contributed by atoms with Crippen LogP contribution in [0.25, 0.3) is 11.5 Å². The Morgan fingerprint density at radius 1 is 1.36 bits per heavy atom. The molecule has 1 fully saturated rings. The maximum atomic E-state index is 12.8. The molecule has 1 aromatic carbocycles. The smallest absolute Gasteiger partial charge is 0.277 e. The first kappa shape index (κ1) is 21.3. The zero-order chi connectivity index (χ0) is 20.3. The average Bonchev–Trinajstić information content (AvgIpc) is 3.24. The maximum Gasteiger partial charge on any atom is 0.277 e. The fraction of sp³-hybridized carbons (Fsp3) is 0.500. The number of benzene rings is 1. The molecule has 7 nitrogen and oxygen atoms in total. The minimum absolute atomic E-state index is 0.0445. The molecule has 0 N–H and O–H groups in total. The Morgan fingerprint density at radius 2 is 2.11 bits per heavy atom. The molecule has 28 heavy (non-hydrogen) atoms. The third-order valence-electron chi connectivity index (χ3n) is 4.36. The van der Waals surface area contributed by atoms with Crippen LogP contribution < -0.4 is 0 Å². The number of halogens is 1. The second kappa shape index (κ2) is 8.96. The highest BCUT2D eigenvalue weighted by Crippen LogP contribution is 2.29. The van der Waals surface area contributed by atoms with Crippen LogP contribution in [-0.2, 0) is 14.6 Å². The van der Waals surface area contributed by atoms with Gasteiger partial charge >= 0.3 is 0 Å². The van der Waals surface area contributed by atoms with Gasteiger partial charge in [0.1, 0.15) is 0 Å². The van der Waals surface area contributed by atoms with Crippen molar-refractivity contribution in [3.05, 3.63) is 28.7 Å². The molecule has 1 amide bonds. The van der Waals surface area contributed by atoms with Gasteiger partial charge in [0.05, 0.1) is 22.8 Å². The van der Waals surface area contributed by atoms with E-state index in [0.29, 0.717) is 24.1 Å². The number of hydrogen-bond donors (Lipinski definition) is 0. The van der Waals surface area contributed by atoms with Crippen molar-refractivity contribution in [1.29, 1.82) is 0 Å². The highest BCUT2D eigenvalue weighted by Gasteiger charge is 2.34. The van der Waals surface area contributed by atoms with E-state index in [9.17, 15) is 13.2 Å². The van der Waals surface area contributed by atoms with E-state index in [2.05, 4.69) is 26.1 Å². The first-order valence-electron chi connectivity index (χ1n) is 8.96. The van der Waals surface area contributed by atoms with Crippen LogP contribution in [0.15, 0.2) is 38.4 Å². The summed E-state index contributed by atoms with van der Waals surface area (Å²) in [6, 6.07) is 7.27. The first-order valence-corrected chi connectivity index (χ1v) is 12.6. The van der Waals surface area contributed by atoms with E-state index in [1.165, 1.54) is 11.8 Å². The second-order valence-corrected chi connectivity index (χ2v) is 11.1. The molecule has 3 rings (SSSR count). The van der Waals surface area contributed by atoms with Crippen LogP contribution in [-0.4, -0.2) is 59.3 Å². The van der Waals surface area contributed by atoms with Gasteiger partial charge in [0.15, 0.2) is 9.84 Å². The first-order chi connectivity index (χ1) is 13.2. The zero-order valence-electron chi connectivity index (χ0n) is 15.7. The lowest BCUT2D eigenvalue weighted by Gasteiger charge is -2.29.